The first-order chi connectivity index (χ1) is 6.25. The molecule has 0 saturated heterocycles. The molecule has 1 aromatic rings. The molecule has 1 aliphatic heterocycles. The summed E-state index contributed by atoms with van der Waals surface area (Å²) >= 11 is 5.78. The molecule has 1 heterocycles. The van der Waals surface area contributed by atoms with Gasteiger partial charge in [0.25, 0.3) is 0 Å². The van der Waals surface area contributed by atoms with Gasteiger partial charge in [-0.15, -0.1) is 0 Å². The Kier molecular flexibility index (Phi) is 2.02. The van der Waals surface area contributed by atoms with Crippen molar-refractivity contribution in [3.05, 3.63) is 34.9 Å². The van der Waals surface area contributed by atoms with E-state index in [4.69, 9.17) is 11.6 Å². The predicted octanol–water partition coefficient (Wildman–Crippen LogP) is 1.99. The van der Waals surface area contributed by atoms with Crippen molar-refractivity contribution in [1.82, 2.24) is 0 Å². The van der Waals surface area contributed by atoms with Crippen LogP contribution in [0, 0.1) is 0 Å². The number of oxime groups is 1. The molecular formula is C9H6ClNO2. The molecular weight excluding hydrogens is 190 g/mol. The standard InChI is InChI=1S/C9H6ClNO2/c10-7-3-1-2-6(4-7)8-5-9(12)13-11-8/h1-4H,5H2. The van der Waals surface area contributed by atoms with Gasteiger partial charge in [0.2, 0.25) is 0 Å². The molecule has 66 valence electrons. The number of hydrogen-bond donors (Lipinski definition) is 0. The Morgan fingerprint density at radius 2 is 2.31 bits per heavy atom. The zero-order chi connectivity index (χ0) is 9.26. The van der Waals surface area contributed by atoms with E-state index >= 15 is 0 Å². The van der Waals surface area contributed by atoms with Crippen LogP contribution >= 0.6 is 11.6 Å². The average molecular weight is 196 g/mol. The van der Waals surface area contributed by atoms with Crippen LogP contribution in [0.3, 0.4) is 0 Å². The molecule has 1 aliphatic rings. The lowest BCUT2D eigenvalue weighted by Gasteiger charge is -1.96. The summed E-state index contributed by atoms with van der Waals surface area (Å²) in [5.74, 6) is -0.324. The minimum Gasteiger partial charge on any atom is -0.318 e. The highest BCUT2D eigenvalue weighted by Gasteiger charge is 2.18. The summed E-state index contributed by atoms with van der Waals surface area (Å²) in [6.45, 7) is 0. The molecule has 13 heavy (non-hydrogen) atoms. The van der Waals surface area contributed by atoms with Crippen molar-refractivity contribution in [3.8, 4) is 0 Å². The number of hydrogen-bond acceptors (Lipinski definition) is 3. The summed E-state index contributed by atoms with van der Waals surface area (Å²) in [4.78, 5) is 15.2. The fourth-order valence-electron chi connectivity index (χ4n) is 1.13. The van der Waals surface area contributed by atoms with E-state index in [0.717, 1.165) is 5.56 Å². The summed E-state index contributed by atoms with van der Waals surface area (Å²) in [6, 6.07) is 7.17. The van der Waals surface area contributed by atoms with Crippen LogP contribution in [0.5, 0.6) is 0 Å². The minimum absolute atomic E-state index is 0.223. The lowest BCUT2D eigenvalue weighted by atomic mass is 10.1. The van der Waals surface area contributed by atoms with Crippen LogP contribution in [0.1, 0.15) is 12.0 Å². The second-order valence-electron chi connectivity index (χ2n) is 2.69. The largest absolute Gasteiger partial charge is 0.341 e. The Hall–Kier alpha value is -1.35. The molecule has 2 rings (SSSR count). The van der Waals surface area contributed by atoms with E-state index in [0.29, 0.717) is 10.7 Å². The highest BCUT2D eigenvalue weighted by molar-refractivity contribution is 6.31. The number of carbonyl (C=O) groups excluding carboxylic acids is 1. The van der Waals surface area contributed by atoms with Crippen LogP contribution in [-0.4, -0.2) is 11.7 Å². The van der Waals surface area contributed by atoms with Crippen LogP contribution in [0.2, 0.25) is 5.02 Å². The number of halogens is 1. The molecule has 0 aliphatic carbocycles. The first-order valence-corrected chi connectivity index (χ1v) is 4.16. The Bertz CT molecular complexity index is 387. The lowest BCUT2D eigenvalue weighted by molar-refractivity contribution is -0.140. The average Bonchev–Trinajstić information content (AvgIpc) is 2.52. The molecule has 0 amide bonds. The second kappa shape index (κ2) is 3.18. The van der Waals surface area contributed by atoms with Crippen molar-refractivity contribution in [2.75, 3.05) is 0 Å². The van der Waals surface area contributed by atoms with Gasteiger partial charge in [-0.1, -0.05) is 28.9 Å². The molecule has 0 fully saturated rings. The third kappa shape index (κ3) is 1.70. The van der Waals surface area contributed by atoms with Crippen molar-refractivity contribution in [1.29, 1.82) is 0 Å². The SMILES string of the molecule is O=C1CC(c2cccc(Cl)c2)=NO1. The number of benzene rings is 1. The first-order valence-electron chi connectivity index (χ1n) is 3.78. The van der Waals surface area contributed by atoms with Crippen LogP contribution in [0.25, 0.3) is 0 Å². The van der Waals surface area contributed by atoms with E-state index in [1.807, 2.05) is 12.1 Å². The molecule has 0 atom stereocenters. The predicted molar refractivity (Wildman–Crippen MR) is 48.7 cm³/mol. The van der Waals surface area contributed by atoms with Crippen molar-refractivity contribution in [2.24, 2.45) is 5.16 Å². The van der Waals surface area contributed by atoms with E-state index in [9.17, 15) is 4.79 Å². The fourth-order valence-corrected chi connectivity index (χ4v) is 1.32. The maximum absolute atomic E-state index is 10.7. The zero-order valence-corrected chi connectivity index (χ0v) is 7.41. The molecule has 1 aromatic carbocycles. The van der Waals surface area contributed by atoms with E-state index < -0.39 is 0 Å². The Labute approximate surface area is 79.9 Å². The first kappa shape index (κ1) is 8.26. The summed E-state index contributed by atoms with van der Waals surface area (Å²) < 4.78 is 0. The molecule has 3 nitrogen and oxygen atoms in total. The summed E-state index contributed by atoms with van der Waals surface area (Å²) in [6.07, 6.45) is 0.223. The highest BCUT2D eigenvalue weighted by Crippen LogP contribution is 2.16. The van der Waals surface area contributed by atoms with Gasteiger partial charge in [0, 0.05) is 10.6 Å². The topological polar surface area (TPSA) is 38.7 Å². The molecule has 0 bridgehead atoms. The monoisotopic (exact) mass is 195 g/mol. The smallest absolute Gasteiger partial charge is 0.318 e. The Balaban J connectivity index is 2.31. The van der Waals surface area contributed by atoms with Gasteiger partial charge in [-0.25, -0.2) is 4.79 Å². The summed E-state index contributed by atoms with van der Waals surface area (Å²) in [5, 5.41) is 4.26. The second-order valence-corrected chi connectivity index (χ2v) is 3.12. The minimum atomic E-state index is -0.324. The maximum atomic E-state index is 10.7. The number of rotatable bonds is 1. The van der Waals surface area contributed by atoms with Crippen molar-refractivity contribution in [3.63, 3.8) is 0 Å². The molecule has 0 aromatic heterocycles. The van der Waals surface area contributed by atoms with Crippen LogP contribution in [0.4, 0.5) is 0 Å². The van der Waals surface area contributed by atoms with Gasteiger partial charge < -0.3 is 4.84 Å². The molecule has 0 unspecified atom stereocenters. The normalized spacial score (nSPS) is 15.5. The molecule has 0 radical (unpaired) electrons. The van der Waals surface area contributed by atoms with Crippen LogP contribution in [-0.2, 0) is 9.63 Å². The lowest BCUT2D eigenvalue weighted by Crippen LogP contribution is -2.00. The summed E-state index contributed by atoms with van der Waals surface area (Å²) in [7, 11) is 0. The van der Waals surface area contributed by atoms with E-state index in [-0.39, 0.29) is 12.4 Å². The van der Waals surface area contributed by atoms with Gasteiger partial charge in [-0.05, 0) is 12.1 Å². The van der Waals surface area contributed by atoms with Gasteiger partial charge in [-0.3, -0.25) is 0 Å². The van der Waals surface area contributed by atoms with Crippen molar-refractivity contribution in [2.45, 2.75) is 6.42 Å². The highest BCUT2D eigenvalue weighted by atomic mass is 35.5. The molecule has 0 spiro atoms. The van der Waals surface area contributed by atoms with Gasteiger partial charge >= 0.3 is 5.97 Å². The van der Waals surface area contributed by atoms with Gasteiger partial charge in [0.15, 0.2) is 0 Å². The van der Waals surface area contributed by atoms with Gasteiger partial charge in [-0.2, -0.15) is 0 Å². The molecule has 0 saturated carbocycles. The van der Waals surface area contributed by atoms with E-state index in [1.165, 1.54) is 0 Å². The van der Waals surface area contributed by atoms with Crippen LogP contribution in [0.15, 0.2) is 29.4 Å². The number of carbonyl (C=O) groups is 1. The van der Waals surface area contributed by atoms with E-state index in [1.54, 1.807) is 12.1 Å². The summed E-state index contributed by atoms with van der Waals surface area (Å²) in [5.41, 5.74) is 1.46. The van der Waals surface area contributed by atoms with Crippen LogP contribution < -0.4 is 0 Å². The number of nitrogens with zero attached hydrogens (tertiary/aromatic N) is 1. The zero-order valence-electron chi connectivity index (χ0n) is 6.66. The van der Waals surface area contributed by atoms with Crippen molar-refractivity contribution >= 4 is 23.3 Å². The quantitative estimate of drug-likeness (QED) is 0.643. The maximum Gasteiger partial charge on any atom is 0.341 e. The Morgan fingerprint density at radius 3 is 2.92 bits per heavy atom. The van der Waals surface area contributed by atoms with Gasteiger partial charge in [0.05, 0.1) is 12.1 Å². The Morgan fingerprint density at radius 1 is 1.46 bits per heavy atom. The fraction of sp³-hybridized carbons (Fsp3) is 0.111. The molecule has 0 N–H and O–H groups in total. The third-order valence-electron chi connectivity index (χ3n) is 1.73. The van der Waals surface area contributed by atoms with E-state index in [2.05, 4.69) is 9.99 Å². The molecule has 4 heteroatoms. The van der Waals surface area contributed by atoms with Crippen molar-refractivity contribution < 1.29 is 9.63 Å². The van der Waals surface area contributed by atoms with Gasteiger partial charge in [0.1, 0.15) is 0 Å². The third-order valence-corrected chi connectivity index (χ3v) is 1.96.